The Balaban J connectivity index is 1.68. The highest BCUT2D eigenvalue weighted by Crippen LogP contribution is 2.24. The molecule has 1 fully saturated rings. The van der Waals surface area contributed by atoms with Gasteiger partial charge in [0.05, 0.1) is 12.0 Å². The molecule has 1 aromatic heterocycles. The highest BCUT2D eigenvalue weighted by molar-refractivity contribution is 5.89. The van der Waals surface area contributed by atoms with Gasteiger partial charge < -0.3 is 14.6 Å². The van der Waals surface area contributed by atoms with Crippen molar-refractivity contribution in [2.45, 2.75) is 44.8 Å². The number of rotatable bonds is 3. The molecule has 2 heterocycles. The van der Waals surface area contributed by atoms with Crippen LogP contribution >= 0.6 is 0 Å². The maximum absolute atomic E-state index is 12.4. The molecule has 22 heavy (non-hydrogen) atoms. The van der Waals surface area contributed by atoms with Gasteiger partial charge in [0, 0.05) is 36.8 Å². The Labute approximate surface area is 131 Å². The summed E-state index contributed by atoms with van der Waals surface area (Å²) in [5.74, 6) is 0.0963. The van der Waals surface area contributed by atoms with Gasteiger partial charge >= 0.3 is 0 Å². The molecule has 1 aliphatic rings. The molecule has 2 aromatic rings. The highest BCUT2D eigenvalue weighted by atomic mass is 16.5. The van der Waals surface area contributed by atoms with E-state index < -0.39 is 0 Å². The molecule has 1 aliphatic heterocycles. The Hall–Kier alpha value is -1.81. The fourth-order valence-electron chi connectivity index (χ4n) is 3.37. The van der Waals surface area contributed by atoms with E-state index in [9.17, 15) is 4.79 Å². The quantitative estimate of drug-likeness (QED) is 0.947. The summed E-state index contributed by atoms with van der Waals surface area (Å²) in [4.78, 5) is 12.4. The predicted molar refractivity (Wildman–Crippen MR) is 87.8 cm³/mol. The molecule has 1 saturated heterocycles. The summed E-state index contributed by atoms with van der Waals surface area (Å²) in [6.45, 7) is 4.87. The van der Waals surface area contributed by atoms with E-state index in [0.717, 1.165) is 29.3 Å². The summed E-state index contributed by atoms with van der Waals surface area (Å²) in [6, 6.07) is 8.42. The molecule has 1 unspecified atom stereocenters. The molecule has 0 bridgehead atoms. The normalized spacial score (nSPS) is 21.0. The average molecular weight is 300 g/mol. The Bertz CT molecular complexity index is 687. The van der Waals surface area contributed by atoms with Gasteiger partial charge in [-0.25, -0.2) is 0 Å². The Kier molecular flexibility index (Phi) is 3.96. The third-order valence-corrected chi connectivity index (χ3v) is 4.39. The van der Waals surface area contributed by atoms with Crippen molar-refractivity contribution in [1.29, 1.82) is 0 Å². The van der Waals surface area contributed by atoms with Crippen LogP contribution in [-0.4, -0.2) is 28.7 Å². The van der Waals surface area contributed by atoms with Crippen LogP contribution in [0.4, 0.5) is 0 Å². The summed E-state index contributed by atoms with van der Waals surface area (Å²) in [5.41, 5.74) is 2.11. The second-order valence-electron chi connectivity index (χ2n) is 6.82. The van der Waals surface area contributed by atoms with Gasteiger partial charge in [-0.15, -0.1) is 0 Å². The molecular formula is C18H24N2O2. The van der Waals surface area contributed by atoms with Crippen LogP contribution in [0.15, 0.2) is 30.5 Å². The molecule has 3 rings (SSSR count). The molecule has 118 valence electrons. The first-order valence-corrected chi connectivity index (χ1v) is 7.91. The number of amides is 1. The van der Waals surface area contributed by atoms with Gasteiger partial charge in [0.1, 0.15) is 0 Å². The van der Waals surface area contributed by atoms with Gasteiger partial charge in [-0.1, -0.05) is 18.2 Å². The van der Waals surface area contributed by atoms with Crippen LogP contribution in [0.1, 0.15) is 32.3 Å². The van der Waals surface area contributed by atoms with E-state index in [1.807, 2.05) is 19.2 Å². The smallest absolute Gasteiger partial charge is 0.224 e. The number of para-hydroxylation sites is 1. The summed E-state index contributed by atoms with van der Waals surface area (Å²) in [6.07, 6.45) is 4.25. The Morgan fingerprint density at radius 3 is 2.95 bits per heavy atom. The third kappa shape index (κ3) is 3.17. The number of carbonyl (C=O) groups is 1. The van der Waals surface area contributed by atoms with E-state index >= 15 is 0 Å². The maximum atomic E-state index is 12.4. The van der Waals surface area contributed by atoms with Crippen molar-refractivity contribution in [3.63, 3.8) is 0 Å². The van der Waals surface area contributed by atoms with E-state index in [4.69, 9.17) is 4.74 Å². The van der Waals surface area contributed by atoms with Crippen molar-refractivity contribution in [1.82, 2.24) is 9.88 Å². The van der Waals surface area contributed by atoms with Gasteiger partial charge in [-0.2, -0.15) is 0 Å². The van der Waals surface area contributed by atoms with Crippen LogP contribution in [0, 0.1) is 0 Å². The molecular weight excluding hydrogens is 276 g/mol. The zero-order valence-electron chi connectivity index (χ0n) is 13.6. The lowest BCUT2D eigenvalue weighted by molar-refractivity contribution is -0.123. The zero-order chi connectivity index (χ0) is 15.7. The number of nitrogens with one attached hydrogen (secondary N) is 1. The molecule has 4 nitrogen and oxygen atoms in total. The molecule has 0 spiro atoms. The zero-order valence-corrected chi connectivity index (χ0v) is 13.6. The van der Waals surface area contributed by atoms with Crippen molar-refractivity contribution >= 4 is 16.8 Å². The summed E-state index contributed by atoms with van der Waals surface area (Å²) in [5, 5.41) is 4.33. The number of aryl methyl sites for hydroxylation is 1. The highest BCUT2D eigenvalue weighted by Gasteiger charge is 2.29. The second kappa shape index (κ2) is 5.76. The first kappa shape index (κ1) is 15.1. The van der Waals surface area contributed by atoms with Crippen molar-refractivity contribution < 1.29 is 9.53 Å². The van der Waals surface area contributed by atoms with E-state index in [2.05, 4.69) is 42.1 Å². The monoisotopic (exact) mass is 300 g/mol. The Morgan fingerprint density at radius 1 is 1.41 bits per heavy atom. The Morgan fingerprint density at radius 2 is 2.18 bits per heavy atom. The molecule has 1 N–H and O–H groups in total. The van der Waals surface area contributed by atoms with E-state index in [-0.39, 0.29) is 17.6 Å². The minimum absolute atomic E-state index is 0.0963. The molecule has 1 amide bonds. The largest absolute Gasteiger partial charge is 0.375 e. The lowest BCUT2D eigenvalue weighted by Crippen LogP contribution is -2.46. The number of ether oxygens (including phenoxy) is 1. The van der Waals surface area contributed by atoms with Crippen LogP contribution in [0.3, 0.4) is 0 Å². The SMILES string of the molecule is Cn1cc(CC(=O)NC2CCOC(C)(C)C2)c2ccccc21. The van der Waals surface area contributed by atoms with Crippen LogP contribution in [0.5, 0.6) is 0 Å². The number of aromatic nitrogens is 1. The minimum Gasteiger partial charge on any atom is -0.375 e. The lowest BCUT2D eigenvalue weighted by Gasteiger charge is -2.35. The van der Waals surface area contributed by atoms with Crippen LogP contribution in [0.2, 0.25) is 0 Å². The fraction of sp³-hybridized carbons (Fsp3) is 0.500. The third-order valence-electron chi connectivity index (χ3n) is 4.39. The van der Waals surface area contributed by atoms with Crippen molar-refractivity contribution in [3.8, 4) is 0 Å². The average Bonchev–Trinajstić information content (AvgIpc) is 2.75. The van der Waals surface area contributed by atoms with Crippen molar-refractivity contribution in [2.75, 3.05) is 6.61 Å². The standard InChI is InChI=1S/C18H24N2O2/c1-18(2)11-14(8-9-22-18)19-17(21)10-13-12-20(3)16-7-5-4-6-15(13)16/h4-7,12,14H,8-11H2,1-3H3,(H,19,21). The maximum Gasteiger partial charge on any atom is 0.224 e. The van der Waals surface area contributed by atoms with E-state index in [1.54, 1.807) is 0 Å². The molecule has 0 aliphatic carbocycles. The molecule has 4 heteroatoms. The number of nitrogens with zero attached hydrogens (tertiary/aromatic N) is 1. The first-order chi connectivity index (χ1) is 10.4. The van der Waals surface area contributed by atoms with Crippen LogP contribution in [-0.2, 0) is 23.0 Å². The molecule has 1 aromatic carbocycles. The van der Waals surface area contributed by atoms with Gasteiger partial charge in [0.2, 0.25) is 5.91 Å². The number of benzene rings is 1. The van der Waals surface area contributed by atoms with Crippen LogP contribution in [0.25, 0.3) is 10.9 Å². The summed E-state index contributed by atoms with van der Waals surface area (Å²) in [7, 11) is 2.02. The second-order valence-corrected chi connectivity index (χ2v) is 6.82. The van der Waals surface area contributed by atoms with Crippen molar-refractivity contribution in [2.24, 2.45) is 7.05 Å². The van der Waals surface area contributed by atoms with Gasteiger partial charge in [0.15, 0.2) is 0 Å². The predicted octanol–water partition coefficient (Wildman–Crippen LogP) is 2.79. The molecule has 0 saturated carbocycles. The fourth-order valence-corrected chi connectivity index (χ4v) is 3.37. The summed E-state index contributed by atoms with van der Waals surface area (Å²) >= 11 is 0. The van der Waals surface area contributed by atoms with Crippen LogP contribution < -0.4 is 5.32 Å². The van der Waals surface area contributed by atoms with Crippen molar-refractivity contribution in [3.05, 3.63) is 36.0 Å². The van der Waals surface area contributed by atoms with Gasteiger partial charge in [0.25, 0.3) is 0 Å². The number of fused-ring (bicyclic) bond motifs is 1. The van der Waals surface area contributed by atoms with Gasteiger partial charge in [-0.05, 0) is 38.3 Å². The number of carbonyl (C=O) groups excluding carboxylic acids is 1. The van der Waals surface area contributed by atoms with Gasteiger partial charge in [-0.3, -0.25) is 4.79 Å². The number of hydrogen-bond acceptors (Lipinski definition) is 2. The summed E-state index contributed by atoms with van der Waals surface area (Å²) < 4.78 is 7.78. The lowest BCUT2D eigenvalue weighted by atomic mass is 9.94. The number of hydrogen-bond donors (Lipinski definition) is 1. The minimum atomic E-state index is -0.143. The molecule has 0 radical (unpaired) electrons. The van der Waals surface area contributed by atoms with E-state index in [0.29, 0.717) is 13.0 Å². The topological polar surface area (TPSA) is 43.3 Å². The first-order valence-electron chi connectivity index (χ1n) is 7.91. The van der Waals surface area contributed by atoms with E-state index in [1.165, 1.54) is 0 Å². The molecule has 1 atom stereocenters.